The maximum Gasteiger partial charge on any atom is 0.251 e. The van der Waals surface area contributed by atoms with Crippen LogP contribution in [-0.2, 0) is 16.6 Å². The first kappa shape index (κ1) is 23.9. The number of para-hydroxylation sites is 1. The van der Waals surface area contributed by atoms with E-state index in [-0.39, 0.29) is 25.6 Å². The first-order valence-electron chi connectivity index (χ1n) is 9.72. The molecule has 0 radical (unpaired) electrons. The van der Waals surface area contributed by atoms with E-state index in [1.165, 1.54) is 4.31 Å². The Morgan fingerprint density at radius 3 is 2.25 bits per heavy atom. The van der Waals surface area contributed by atoms with Gasteiger partial charge in [0.05, 0.1) is 30.1 Å². The van der Waals surface area contributed by atoms with Gasteiger partial charge in [-0.2, -0.15) is 0 Å². The number of nitrogens with one attached hydrogen (secondary N) is 1. The first-order valence-corrected chi connectivity index (χ1v) is 12.3. The lowest BCUT2D eigenvalue weighted by Crippen LogP contribution is -2.30. The third kappa shape index (κ3) is 6.63. The molecule has 0 heterocycles. The van der Waals surface area contributed by atoms with E-state index in [1.807, 2.05) is 6.07 Å². The summed E-state index contributed by atoms with van der Waals surface area (Å²) < 4.78 is 31.5. The molecule has 0 aliphatic heterocycles. The van der Waals surface area contributed by atoms with Crippen LogP contribution in [0.1, 0.15) is 15.9 Å². The molecule has 0 aromatic heterocycles. The van der Waals surface area contributed by atoms with Gasteiger partial charge in [-0.25, -0.2) is 8.42 Å². The number of carbonyl (C=O) groups excluding carboxylic acids is 1. The van der Waals surface area contributed by atoms with Gasteiger partial charge in [-0.15, -0.1) is 0 Å². The van der Waals surface area contributed by atoms with Gasteiger partial charge < -0.3 is 10.1 Å². The second kappa shape index (κ2) is 10.7. The van der Waals surface area contributed by atoms with Gasteiger partial charge in [0.1, 0.15) is 12.4 Å². The molecule has 0 atom stereocenters. The number of amides is 1. The third-order valence-corrected chi connectivity index (χ3v) is 6.24. The number of sulfonamides is 1. The van der Waals surface area contributed by atoms with Crippen molar-refractivity contribution in [2.75, 3.05) is 23.7 Å². The molecule has 6 nitrogen and oxygen atoms in total. The number of hydrogen-bond acceptors (Lipinski definition) is 4. The third-order valence-electron chi connectivity index (χ3n) is 4.54. The van der Waals surface area contributed by atoms with Crippen LogP contribution in [0.4, 0.5) is 5.69 Å². The highest BCUT2D eigenvalue weighted by Crippen LogP contribution is 2.23. The molecule has 0 bridgehead atoms. The van der Waals surface area contributed by atoms with Crippen molar-refractivity contribution in [3.8, 4) is 5.75 Å². The molecule has 0 unspecified atom stereocenters. The van der Waals surface area contributed by atoms with Crippen molar-refractivity contribution in [3.63, 3.8) is 0 Å². The van der Waals surface area contributed by atoms with Crippen LogP contribution in [0.15, 0.2) is 72.8 Å². The van der Waals surface area contributed by atoms with E-state index >= 15 is 0 Å². The Morgan fingerprint density at radius 1 is 0.969 bits per heavy atom. The van der Waals surface area contributed by atoms with Gasteiger partial charge >= 0.3 is 0 Å². The van der Waals surface area contributed by atoms with E-state index in [0.29, 0.717) is 27.0 Å². The summed E-state index contributed by atoms with van der Waals surface area (Å²) in [4.78, 5) is 12.4. The molecule has 0 aliphatic carbocycles. The lowest BCUT2D eigenvalue weighted by Gasteiger charge is -2.23. The molecule has 0 spiro atoms. The average molecular weight is 493 g/mol. The molecule has 1 N–H and O–H groups in total. The maximum atomic E-state index is 12.4. The SMILES string of the molecule is CS(=O)(=O)N(Cc1ccc(Cl)cc1)c1ccc(C(=O)NCCOc2ccccc2Cl)cc1. The van der Waals surface area contributed by atoms with Crippen molar-refractivity contribution in [3.05, 3.63) is 94.0 Å². The van der Waals surface area contributed by atoms with Crippen LogP contribution in [0, 0.1) is 0 Å². The fourth-order valence-corrected chi connectivity index (χ4v) is 4.13. The van der Waals surface area contributed by atoms with Crippen molar-refractivity contribution < 1.29 is 17.9 Å². The Hall–Kier alpha value is -2.74. The number of halogens is 2. The largest absolute Gasteiger partial charge is 0.490 e. The van der Waals surface area contributed by atoms with Gasteiger partial charge in [-0.1, -0.05) is 47.5 Å². The molecule has 3 rings (SSSR count). The molecule has 0 fully saturated rings. The predicted octanol–water partition coefficient (Wildman–Crippen LogP) is 4.77. The highest BCUT2D eigenvalue weighted by molar-refractivity contribution is 7.92. The van der Waals surface area contributed by atoms with Crippen molar-refractivity contribution >= 4 is 44.8 Å². The van der Waals surface area contributed by atoms with Crippen LogP contribution in [-0.4, -0.2) is 33.7 Å². The van der Waals surface area contributed by atoms with Gasteiger partial charge in [0.25, 0.3) is 5.91 Å². The van der Waals surface area contributed by atoms with Crippen LogP contribution >= 0.6 is 23.2 Å². The molecule has 32 heavy (non-hydrogen) atoms. The summed E-state index contributed by atoms with van der Waals surface area (Å²) in [5.41, 5.74) is 1.66. The van der Waals surface area contributed by atoms with Gasteiger partial charge in [-0.05, 0) is 54.1 Å². The molecule has 1 amide bonds. The van der Waals surface area contributed by atoms with Crippen LogP contribution in [0.2, 0.25) is 10.0 Å². The smallest absolute Gasteiger partial charge is 0.251 e. The Morgan fingerprint density at radius 2 is 1.62 bits per heavy atom. The standard InChI is InChI=1S/C23H22Cl2N2O4S/c1-32(29,30)27(16-17-6-10-19(24)11-7-17)20-12-8-18(9-13-20)23(28)26-14-15-31-22-5-3-2-4-21(22)25/h2-13H,14-16H2,1H3,(H,26,28). The normalized spacial score (nSPS) is 11.1. The summed E-state index contributed by atoms with van der Waals surface area (Å²) >= 11 is 11.9. The minimum Gasteiger partial charge on any atom is -0.490 e. The second-order valence-corrected chi connectivity index (χ2v) is 9.73. The number of ether oxygens (including phenoxy) is 1. The van der Waals surface area contributed by atoms with Gasteiger partial charge in [0.15, 0.2) is 0 Å². The van der Waals surface area contributed by atoms with E-state index in [4.69, 9.17) is 27.9 Å². The van der Waals surface area contributed by atoms with Crippen LogP contribution < -0.4 is 14.4 Å². The van der Waals surface area contributed by atoms with Crippen molar-refractivity contribution in [2.24, 2.45) is 0 Å². The Balaban J connectivity index is 1.60. The quantitative estimate of drug-likeness (QED) is 0.436. The summed E-state index contributed by atoms with van der Waals surface area (Å²) in [5, 5.41) is 3.84. The van der Waals surface area contributed by atoms with E-state index in [9.17, 15) is 13.2 Å². The van der Waals surface area contributed by atoms with Crippen molar-refractivity contribution in [2.45, 2.75) is 6.54 Å². The van der Waals surface area contributed by atoms with Gasteiger partial charge in [-0.3, -0.25) is 9.10 Å². The molecular formula is C23H22Cl2N2O4S. The fourth-order valence-electron chi connectivity index (χ4n) is 2.92. The molecule has 0 saturated carbocycles. The molecular weight excluding hydrogens is 471 g/mol. The van der Waals surface area contributed by atoms with Crippen LogP contribution in [0.25, 0.3) is 0 Å². The summed E-state index contributed by atoms with van der Waals surface area (Å²) in [6, 6.07) is 20.4. The van der Waals surface area contributed by atoms with E-state index in [1.54, 1.807) is 66.7 Å². The average Bonchev–Trinajstić information content (AvgIpc) is 2.76. The number of nitrogens with zero attached hydrogens (tertiary/aromatic N) is 1. The summed E-state index contributed by atoms with van der Waals surface area (Å²) in [6.45, 7) is 0.704. The van der Waals surface area contributed by atoms with E-state index in [2.05, 4.69) is 5.32 Å². The van der Waals surface area contributed by atoms with Crippen molar-refractivity contribution in [1.82, 2.24) is 5.32 Å². The van der Waals surface area contributed by atoms with Crippen molar-refractivity contribution in [1.29, 1.82) is 0 Å². The molecule has 0 saturated heterocycles. The molecule has 3 aromatic rings. The molecule has 9 heteroatoms. The van der Waals surface area contributed by atoms with E-state index in [0.717, 1.165) is 11.8 Å². The zero-order chi connectivity index (χ0) is 23.1. The molecule has 0 aliphatic rings. The maximum absolute atomic E-state index is 12.4. The topological polar surface area (TPSA) is 75.7 Å². The highest BCUT2D eigenvalue weighted by atomic mass is 35.5. The van der Waals surface area contributed by atoms with E-state index < -0.39 is 10.0 Å². The Bertz CT molecular complexity index is 1170. The molecule has 3 aromatic carbocycles. The summed E-state index contributed by atoms with van der Waals surface area (Å²) in [5.74, 6) is 0.261. The predicted molar refractivity (Wildman–Crippen MR) is 128 cm³/mol. The van der Waals surface area contributed by atoms with Gasteiger partial charge in [0, 0.05) is 10.6 Å². The number of benzene rings is 3. The number of hydrogen-bond donors (Lipinski definition) is 1. The number of anilines is 1. The Kier molecular flexibility index (Phi) is 8.01. The Labute approximate surface area is 197 Å². The zero-order valence-corrected chi connectivity index (χ0v) is 19.6. The number of rotatable bonds is 9. The van der Waals surface area contributed by atoms with Gasteiger partial charge in [0.2, 0.25) is 10.0 Å². The minimum atomic E-state index is -3.53. The van der Waals surface area contributed by atoms with Crippen LogP contribution in [0.3, 0.4) is 0 Å². The lowest BCUT2D eigenvalue weighted by atomic mass is 10.2. The highest BCUT2D eigenvalue weighted by Gasteiger charge is 2.18. The number of carbonyl (C=O) groups is 1. The summed E-state index contributed by atoms with van der Waals surface area (Å²) in [6.07, 6.45) is 1.14. The molecule has 168 valence electrons. The first-order chi connectivity index (χ1) is 15.2. The lowest BCUT2D eigenvalue weighted by molar-refractivity contribution is 0.0947. The zero-order valence-electron chi connectivity index (χ0n) is 17.3. The summed E-state index contributed by atoms with van der Waals surface area (Å²) in [7, 11) is -3.53. The minimum absolute atomic E-state index is 0.154. The second-order valence-electron chi connectivity index (χ2n) is 6.98. The monoisotopic (exact) mass is 492 g/mol. The fraction of sp³-hybridized carbons (Fsp3) is 0.174. The van der Waals surface area contributed by atoms with Crippen LogP contribution in [0.5, 0.6) is 5.75 Å².